The zero-order valence-electron chi connectivity index (χ0n) is 13.6. The number of Topliss-reactive ketones (excluding diaryl/α,β-unsaturated/α-hetero) is 1. The van der Waals surface area contributed by atoms with Crippen molar-refractivity contribution in [3.05, 3.63) is 59.7 Å². The van der Waals surface area contributed by atoms with Crippen LogP contribution in [0.2, 0.25) is 0 Å². The van der Waals surface area contributed by atoms with E-state index in [1.54, 1.807) is 11.8 Å². The Balaban J connectivity index is 1.82. The molecule has 0 saturated carbocycles. The van der Waals surface area contributed by atoms with Gasteiger partial charge in [-0.3, -0.25) is 9.59 Å². The van der Waals surface area contributed by atoms with Crippen molar-refractivity contribution in [1.29, 1.82) is 0 Å². The van der Waals surface area contributed by atoms with Gasteiger partial charge in [-0.1, -0.05) is 36.4 Å². The summed E-state index contributed by atoms with van der Waals surface area (Å²) in [6.07, 6.45) is 0.423. The third-order valence-corrected chi connectivity index (χ3v) is 5.03. The van der Waals surface area contributed by atoms with Crippen LogP contribution in [0.5, 0.6) is 11.5 Å². The molecule has 2 aliphatic heterocycles. The number of piperidine rings is 1. The number of ketones is 1. The van der Waals surface area contributed by atoms with Crippen LogP contribution in [0.15, 0.2) is 48.5 Å². The van der Waals surface area contributed by atoms with Gasteiger partial charge in [-0.05, 0) is 12.1 Å². The lowest BCUT2D eigenvalue weighted by Crippen LogP contribution is -2.45. The van der Waals surface area contributed by atoms with E-state index in [4.69, 9.17) is 4.74 Å². The molecule has 24 heavy (non-hydrogen) atoms. The van der Waals surface area contributed by atoms with Crippen molar-refractivity contribution < 1.29 is 14.3 Å². The molecule has 1 saturated heterocycles. The molecule has 4 nitrogen and oxygen atoms in total. The minimum Gasteiger partial charge on any atom is -0.457 e. The van der Waals surface area contributed by atoms with Crippen molar-refractivity contribution in [2.24, 2.45) is 5.92 Å². The molecule has 4 heteroatoms. The third kappa shape index (κ3) is 2.39. The summed E-state index contributed by atoms with van der Waals surface area (Å²) in [5.41, 5.74) is 2.06. The highest BCUT2D eigenvalue weighted by atomic mass is 16.5. The third-order valence-electron chi connectivity index (χ3n) is 5.03. The van der Waals surface area contributed by atoms with Gasteiger partial charge in [0.05, 0.1) is 0 Å². The fourth-order valence-corrected chi connectivity index (χ4v) is 3.82. The Kier molecular flexibility index (Phi) is 3.60. The number of para-hydroxylation sites is 2. The summed E-state index contributed by atoms with van der Waals surface area (Å²) >= 11 is 0. The van der Waals surface area contributed by atoms with Crippen LogP contribution in [0.1, 0.15) is 30.4 Å². The summed E-state index contributed by atoms with van der Waals surface area (Å²) in [6, 6.07) is 15.7. The second-order valence-electron chi connectivity index (χ2n) is 6.44. The quantitative estimate of drug-likeness (QED) is 0.809. The maximum Gasteiger partial charge on any atom is 0.219 e. The van der Waals surface area contributed by atoms with Gasteiger partial charge in [0.25, 0.3) is 0 Å². The number of amides is 1. The van der Waals surface area contributed by atoms with Gasteiger partial charge >= 0.3 is 0 Å². The number of carbonyl (C=O) groups is 2. The molecule has 0 radical (unpaired) electrons. The van der Waals surface area contributed by atoms with Gasteiger partial charge in [0.1, 0.15) is 17.3 Å². The van der Waals surface area contributed by atoms with E-state index in [1.165, 1.54) is 0 Å². The van der Waals surface area contributed by atoms with E-state index in [0.717, 1.165) is 22.6 Å². The van der Waals surface area contributed by atoms with E-state index in [-0.39, 0.29) is 23.5 Å². The lowest BCUT2D eigenvalue weighted by Gasteiger charge is -2.38. The van der Waals surface area contributed by atoms with E-state index in [2.05, 4.69) is 0 Å². The number of nitrogens with zero attached hydrogens (tertiary/aromatic N) is 1. The van der Waals surface area contributed by atoms with Gasteiger partial charge in [0.15, 0.2) is 0 Å². The van der Waals surface area contributed by atoms with Crippen molar-refractivity contribution in [1.82, 2.24) is 4.90 Å². The van der Waals surface area contributed by atoms with Crippen LogP contribution < -0.4 is 4.74 Å². The molecule has 1 unspecified atom stereocenters. The SMILES string of the molecule is CC(=O)N1CCC(=O)C(C2c3ccccc3Oc3ccccc32)C1. The molecule has 1 amide bonds. The largest absolute Gasteiger partial charge is 0.457 e. The van der Waals surface area contributed by atoms with Crippen LogP contribution in [0.25, 0.3) is 0 Å². The summed E-state index contributed by atoms with van der Waals surface area (Å²) in [6.45, 7) is 2.57. The molecule has 0 aliphatic carbocycles. The minimum absolute atomic E-state index is 0.0288. The normalized spacial score (nSPS) is 20.1. The molecular weight excluding hydrogens is 302 g/mol. The van der Waals surface area contributed by atoms with Crippen LogP contribution in [0.4, 0.5) is 0 Å². The second-order valence-corrected chi connectivity index (χ2v) is 6.44. The van der Waals surface area contributed by atoms with Gasteiger partial charge in [-0.15, -0.1) is 0 Å². The van der Waals surface area contributed by atoms with Crippen molar-refractivity contribution in [2.75, 3.05) is 13.1 Å². The summed E-state index contributed by atoms with van der Waals surface area (Å²) < 4.78 is 6.02. The smallest absolute Gasteiger partial charge is 0.219 e. The zero-order chi connectivity index (χ0) is 16.7. The Hall–Kier alpha value is -2.62. The lowest BCUT2D eigenvalue weighted by molar-refractivity contribution is -0.135. The number of likely N-dealkylation sites (tertiary alicyclic amines) is 1. The molecule has 2 aromatic rings. The molecule has 0 spiro atoms. The minimum atomic E-state index is -0.228. The first-order chi connectivity index (χ1) is 11.6. The molecule has 122 valence electrons. The molecule has 1 atom stereocenters. The van der Waals surface area contributed by atoms with Gasteiger partial charge in [0, 0.05) is 49.4 Å². The van der Waals surface area contributed by atoms with E-state index < -0.39 is 0 Å². The lowest BCUT2D eigenvalue weighted by atomic mass is 9.74. The average molecular weight is 321 g/mol. The topological polar surface area (TPSA) is 46.6 Å². The highest BCUT2D eigenvalue weighted by molar-refractivity contribution is 5.86. The molecule has 0 N–H and O–H groups in total. The molecule has 2 aliphatic rings. The summed E-state index contributed by atoms with van der Waals surface area (Å²) in [5.74, 6) is 1.56. The van der Waals surface area contributed by atoms with Crippen LogP contribution >= 0.6 is 0 Å². The molecule has 0 bridgehead atoms. The number of hydrogen-bond donors (Lipinski definition) is 0. The van der Waals surface area contributed by atoms with E-state index in [9.17, 15) is 9.59 Å². The summed E-state index contributed by atoms with van der Waals surface area (Å²) in [7, 11) is 0. The monoisotopic (exact) mass is 321 g/mol. The van der Waals surface area contributed by atoms with Gasteiger partial charge in [-0.25, -0.2) is 0 Å². The second kappa shape index (κ2) is 5.78. The molecule has 2 aromatic carbocycles. The van der Waals surface area contributed by atoms with Gasteiger partial charge in [-0.2, -0.15) is 0 Å². The zero-order valence-corrected chi connectivity index (χ0v) is 13.6. The fraction of sp³-hybridized carbons (Fsp3) is 0.300. The van der Waals surface area contributed by atoms with Crippen molar-refractivity contribution in [3.63, 3.8) is 0 Å². The molecule has 4 rings (SSSR count). The van der Waals surface area contributed by atoms with Crippen molar-refractivity contribution in [2.45, 2.75) is 19.3 Å². The molecule has 2 heterocycles. The summed E-state index contributed by atoms with van der Waals surface area (Å²) in [5, 5.41) is 0. The Morgan fingerprint density at radius 3 is 2.21 bits per heavy atom. The Morgan fingerprint density at radius 1 is 1.04 bits per heavy atom. The molecule has 1 fully saturated rings. The Labute approximate surface area is 141 Å². The van der Waals surface area contributed by atoms with Crippen LogP contribution in [0.3, 0.4) is 0 Å². The maximum absolute atomic E-state index is 12.7. The van der Waals surface area contributed by atoms with Gasteiger partial charge < -0.3 is 9.64 Å². The number of fused-ring (bicyclic) bond motifs is 2. The van der Waals surface area contributed by atoms with Crippen molar-refractivity contribution in [3.8, 4) is 11.5 Å². The Morgan fingerprint density at radius 2 is 1.62 bits per heavy atom. The number of hydrogen-bond acceptors (Lipinski definition) is 3. The predicted molar refractivity (Wildman–Crippen MR) is 90.2 cm³/mol. The number of rotatable bonds is 1. The van der Waals surface area contributed by atoms with Crippen molar-refractivity contribution >= 4 is 11.7 Å². The standard InChI is InChI=1S/C20H19NO3/c1-13(22)21-11-10-17(23)16(12-21)20-14-6-2-4-8-18(14)24-19-9-5-3-7-15(19)20/h2-9,16,20H,10-12H2,1H3. The summed E-state index contributed by atoms with van der Waals surface area (Å²) in [4.78, 5) is 26.3. The fourth-order valence-electron chi connectivity index (χ4n) is 3.82. The van der Waals surface area contributed by atoms with E-state index >= 15 is 0 Å². The van der Waals surface area contributed by atoms with Crippen LogP contribution in [0, 0.1) is 5.92 Å². The first-order valence-corrected chi connectivity index (χ1v) is 8.29. The average Bonchev–Trinajstić information content (AvgIpc) is 2.60. The first-order valence-electron chi connectivity index (χ1n) is 8.29. The number of ether oxygens (including phenoxy) is 1. The number of benzene rings is 2. The van der Waals surface area contributed by atoms with Crippen LogP contribution in [-0.2, 0) is 9.59 Å². The Bertz CT molecular complexity index is 769. The van der Waals surface area contributed by atoms with Crippen LogP contribution in [-0.4, -0.2) is 29.7 Å². The van der Waals surface area contributed by atoms with Gasteiger partial charge in [0.2, 0.25) is 5.91 Å². The molecule has 0 aromatic heterocycles. The number of carbonyl (C=O) groups excluding carboxylic acids is 2. The van der Waals surface area contributed by atoms with E-state index in [1.807, 2.05) is 48.5 Å². The van der Waals surface area contributed by atoms with E-state index in [0.29, 0.717) is 19.5 Å². The first kappa shape index (κ1) is 14.9. The highest BCUT2D eigenvalue weighted by Crippen LogP contribution is 2.48. The highest BCUT2D eigenvalue weighted by Gasteiger charge is 2.40. The predicted octanol–water partition coefficient (Wildman–Crippen LogP) is 3.36. The maximum atomic E-state index is 12.7. The molecular formula is C20H19NO3.